The normalized spacial score (nSPS) is 15.7. The van der Waals surface area contributed by atoms with Gasteiger partial charge in [0.2, 0.25) is 0 Å². The zero-order valence-corrected chi connectivity index (χ0v) is 29.0. The Hall–Kier alpha value is -6.15. The number of hydrogen-bond donors (Lipinski definition) is 0. The highest BCUT2D eigenvalue weighted by molar-refractivity contribution is 7.99. The van der Waals surface area contributed by atoms with Gasteiger partial charge >= 0.3 is 0 Å². The highest BCUT2D eigenvalue weighted by atomic mass is 32.2. The lowest BCUT2D eigenvalue weighted by Gasteiger charge is -2.40. The van der Waals surface area contributed by atoms with E-state index in [0.29, 0.717) is 0 Å². The Bertz CT molecular complexity index is 2990. The van der Waals surface area contributed by atoms with Gasteiger partial charge in [-0.2, -0.15) is 0 Å². The van der Waals surface area contributed by atoms with Crippen LogP contribution in [-0.4, -0.2) is 0 Å². The van der Waals surface area contributed by atoms with Crippen molar-refractivity contribution in [2.45, 2.75) is 15.2 Å². The Balaban J connectivity index is 1.08. The predicted octanol–water partition coefficient (Wildman–Crippen LogP) is 13.8. The molecule has 3 aliphatic rings. The van der Waals surface area contributed by atoms with E-state index in [4.69, 9.17) is 0 Å². The molecule has 1 heterocycles. The molecule has 0 saturated carbocycles. The smallest absolute Gasteiger partial charge is 0.0725 e. The van der Waals surface area contributed by atoms with Crippen molar-refractivity contribution in [3.05, 3.63) is 204 Å². The van der Waals surface area contributed by atoms with Crippen LogP contribution in [0, 0.1) is 0 Å². The second-order valence-electron chi connectivity index (χ2n) is 14.3. The van der Waals surface area contributed by atoms with Crippen LogP contribution >= 0.6 is 11.8 Å². The van der Waals surface area contributed by atoms with Gasteiger partial charge in [-0.1, -0.05) is 169 Å². The third kappa shape index (κ3) is 3.63. The van der Waals surface area contributed by atoms with Gasteiger partial charge in [-0.25, -0.2) is 0 Å². The number of hydrogen-bond acceptors (Lipinski definition) is 1. The molecular formula is C51H30S. The van der Waals surface area contributed by atoms with Crippen molar-refractivity contribution in [2.24, 2.45) is 0 Å². The van der Waals surface area contributed by atoms with Gasteiger partial charge in [0.1, 0.15) is 0 Å². The van der Waals surface area contributed by atoms with Crippen LogP contribution in [0.25, 0.3) is 77.2 Å². The number of benzene rings is 9. The van der Waals surface area contributed by atoms with Gasteiger partial charge in [0.25, 0.3) is 0 Å². The fourth-order valence-electron chi connectivity index (χ4n) is 9.83. The van der Waals surface area contributed by atoms with E-state index in [0.717, 1.165) is 0 Å². The molecule has 0 saturated heterocycles. The van der Waals surface area contributed by atoms with E-state index in [2.05, 4.69) is 182 Å². The van der Waals surface area contributed by atoms with Crippen LogP contribution in [0.2, 0.25) is 0 Å². The van der Waals surface area contributed by atoms with E-state index in [-0.39, 0.29) is 0 Å². The molecule has 12 rings (SSSR count). The van der Waals surface area contributed by atoms with Crippen LogP contribution < -0.4 is 0 Å². The highest BCUT2D eigenvalue weighted by Gasteiger charge is 2.50. The molecule has 1 heteroatoms. The van der Waals surface area contributed by atoms with Crippen molar-refractivity contribution in [1.29, 1.82) is 0 Å². The van der Waals surface area contributed by atoms with E-state index in [1.165, 1.54) is 109 Å². The maximum atomic E-state index is 2.41. The van der Waals surface area contributed by atoms with Crippen molar-refractivity contribution in [3.63, 3.8) is 0 Å². The minimum absolute atomic E-state index is 0.419. The molecule has 0 bridgehead atoms. The van der Waals surface area contributed by atoms with Gasteiger partial charge in [0.15, 0.2) is 0 Å². The van der Waals surface area contributed by atoms with Crippen molar-refractivity contribution in [2.75, 3.05) is 0 Å². The molecule has 0 amide bonds. The van der Waals surface area contributed by atoms with Gasteiger partial charge in [-0.15, -0.1) is 0 Å². The Morgan fingerprint density at radius 3 is 1.71 bits per heavy atom. The second-order valence-corrected chi connectivity index (χ2v) is 15.4. The van der Waals surface area contributed by atoms with Crippen LogP contribution in [0.15, 0.2) is 192 Å². The van der Waals surface area contributed by atoms with Crippen LogP contribution in [0.3, 0.4) is 0 Å². The van der Waals surface area contributed by atoms with Crippen molar-refractivity contribution < 1.29 is 0 Å². The van der Waals surface area contributed by atoms with Gasteiger partial charge in [-0.05, 0) is 118 Å². The van der Waals surface area contributed by atoms with E-state index in [1.807, 2.05) is 11.8 Å². The lowest BCUT2D eigenvalue weighted by atomic mass is 9.61. The molecule has 9 aromatic carbocycles. The maximum absolute atomic E-state index is 2.41. The molecular weight excluding hydrogens is 645 g/mol. The average Bonchev–Trinajstić information content (AvgIpc) is 3.51. The number of rotatable bonds is 2. The van der Waals surface area contributed by atoms with Crippen LogP contribution in [0.4, 0.5) is 0 Å². The lowest BCUT2D eigenvalue weighted by molar-refractivity contribution is 0.773. The molecule has 52 heavy (non-hydrogen) atoms. The van der Waals surface area contributed by atoms with E-state index in [1.54, 1.807) is 0 Å². The fourth-order valence-corrected chi connectivity index (χ4v) is 11.0. The summed E-state index contributed by atoms with van der Waals surface area (Å²) in [5.74, 6) is 0. The summed E-state index contributed by atoms with van der Waals surface area (Å²) in [6, 6.07) is 68.6. The summed E-state index contributed by atoms with van der Waals surface area (Å²) in [5, 5.41) is 5.32. The third-order valence-electron chi connectivity index (χ3n) is 11.9. The van der Waals surface area contributed by atoms with E-state index < -0.39 is 5.41 Å². The largest absolute Gasteiger partial charge is 0.0888 e. The molecule has 9 aromatic rings. The molecule has 0 aromatic heterocycles. The molecule has 240 valence electrons. The summed E-state index contributed by atoms with van der Waals surface area (Å²) < 4.78 is 0. The first kappa shape index (κ1) is 28.5. The van der Waals surface area contributed by atoms with Crippen molar-refractivity contribution in [1.82, 2.24) is 0 Å². The van der Waals surface area contributed by atoms with Gasteiger partial charge in [-0.3, -0.25) is 0 Å². The average molecular weight is 675 g/mol. The summed E-state index contributed by atoms with van der Waals surface area (Å²) in [6.07, 6.45) is 0. The summed E-state index contributed by atoms with van der Waals surface area (Å²) in [7, 11) is 0. The second kappa shape index (κ2) is 10.4. The molecule has 1 unspecified atom stereocenters. The van der Waals surface area contributed by atoms with Gasteiger partial charge in [0.05, 0.1) is 5.41 Å². The molecule has 0 fully saturated rings. The van der Waals surface area contributed by atoms with Crippen molar-refractivity contribution >= 4 is 33.3 Å². The summed E-state index contributed by atoms with van der Waals surface area (Å²) in [4.78, 5) is 2.66. The molecule has 0 nitrogen and oxygen atoms in total. The van der Waals surface area contributed by atoms with E-state index in [9.17, 15) is 0 Å². The summed E-state index contributed by atoms with van der Waals surface area (Å²) >= 11 is 1.89. The number of fused-ring (bicyclic) bond motifs is 11. The minimum Gasteiger partial charge on any atom is -0.0888 e. The molecule has 1 aliphatic heterocycles. The van der Waals surface area contributed by atoms with Crippen LogP contribution in [-0.2, 0) is 5.41 Å². The standard InChI is InChI=1S/C51H30S/c1-3-22-42-37(17-1)38-20-6-11-31-13-8-24-44(48(31)38)51(42)43-23-4-2-18-40(43)50-36(19-10-25-45(50)51)35-16-5-15-33(29-35)34-27-28-46-41(30-34)39-21-7-12-32-14-9-26-47(52-46)49(32)39/h1-30H. The first-order valence-electron chi connectivity index (χ1n) is 18.1. The summed E-state index contributed by atoms with van der Waals surface area (Å²) in [6.45, 7) is 0. The Labute approximate surface area is 307 Å². The minimum atomic E-state index is -0.419. The Kier molecular flexibility index (Phi) is 5.73. The maximum Gasteiger partial charge on any atom is 0.0725 e. The molecule has 0 radical (unpaired) electrons. The highest BCUT2D eigenvalue weighted by Crippen LogP contribution is 2.63. The van der Waals surface area contributed by atoms with Gasteiger partial charge < -0.3 is 0 Å². The molecule has 2 aliphatic carbocycles. The Morgan fingerprint density at radius 2 is 0.865 bits per heavy atom. The van der Waals surface area contributed by atoms with Crippen LogP contribution in [0.5, 0.6) is 0 Å². The first-order chi connectivity index (χ1) is 25.8. The van der Waals surface area contributed by atoms with Gasteiger partial charge in [0, 0.05) is 15.2 Å². The quantitative estimate of drug-likeness (QED) is 0.176. The van der Waals surface area contributed by atoms with Crippen LogP contribution in [0.1, 0.15) is 22.3 Å². The molecule has 1 atom stereocenters. The topological polar surface area (TPSA) is 0 Å². The first-order valence-corrected chi connectivity index (χ1v) is 18.9. The molecule has 0 N–H and O–H groups in total. The molecule has 1 spiro atoms. The monoisotopic (exact) mass is 674 g/mol. The van der Waals surface area contributed by atoms with E-state index >= 15 is 0 Å². The third-order valence-corrected chi connectivity index (χ3v) is 13.0. The van der Waals surface area contributed by atoms with Crippen molar-refractivity contribution in [3.8, 4) is 55.6 Å². The fraction of sp³-hybridized carbons (Fsp3) is 0.0196. The zero-order chi connectivity index (χ0) is 34.0. The zero-order valence-electron chi connectivity index (χ0n) is 28.2. The SMILES string of the molecule is c1cc(-c2ccc3c(c2)-c2cccc4cccc(c24)S3)cc(-c2cccc3c2-c2ccccc2C32c3ccccc3-c3cccc4cccc2c34)c1. The Morgan fingerprint density at radius 1 is 0.308 bits per heavy atom. The predicted molar refractivity (Wildman–Crippen MR) is 218 cm³/mol. The lowest BCUT2D eigenvalue weighted by Crippen LogP contribution is -2.31. The summed E-state index contributed by atoms with van der Waals surface area (Å²) in [5.41, 5.74) is 18.0.